The highest BCUT2D eigenvalue weighted by molar-refractivity contribution is 7.89. The summed E-state index contributed by atoms with van der Waals surface area (Å²) in [6.45, 7) is 3.64. The van der Waals surface area contributed by atoms with Gasteiger partial charge in [-0.3, -0.25) is 9.36 Å². The predicted octanol–water partition coefficient (Wildman–Crippen LogP) is 1.35. The molecule has 0 atom stereocenters. The lowest BCUT2D eigenvalue weighted by Gasteiger charge is -2.34. The topological polar surface area (TPSA) is 75.5 Å². The highest BCUT2D eigenvalue weighted by Gasteiger charge is 2.28. The molecule has 0 amide bonds. The Morgan fingerprint density at radius 2 is 1.81 bits per heavy atom. The molecule has 7 nitrogen and oxygen atoms in total. The first-order chi connectivity index (χ1) is 12.4. The molecule has 2 aromatic heterocycles. The zero-order valence-corrected chi connectivity index (χ0v) is 16.8. The molecule has 2 aromatic rings. The Bertz CT molecular complexity index is 1000. The number of thiophene rings is 1. The van der Waals surface area contributed by atoms with Crippen molar-refractivity contribution >= 4 is 37.5 Å². The molecular formula is C17H24N4O3S2. The van der Waals surface area contributed by atoms with Crippen LogP contribution < -0.4 is 10.5 Å². The lowest BCUT2D eigenvalue weighted by molar-refractivity contribution is 0.381. The summed E-state index contributed by atoms with van der Waals surface area (Å²) in [5.41, 5.74) is 1.22. The van der Waals surface area contributed by atoms with Crippen LogP contribution in [0.2, 0.25) is 0 Å². The molecule has 0 bridgehead atoms. The molecule has 0 saturated carbocycles. The summed E-state index contributed by atoms with van der Waals surface area (Å²) in [4.78, 5) is 22.0. The van der Waals surface area contributed by atoms with E-state index in [1.165, 1.54) is 21.2 Å². The summed E-state index contributed by atoms with van der Waals surface area (Å²) in [5.74, 6) is 0.769. The van der Waals surface area contributed by atoms with Crippen molar-refractivity contribution in [3.63, 3.8) is 0 Å². The molecule has 0 spiro atoms. The largest absolute Gasteiger partial charge is 0.339 e. The van der Waals surface area contributed by atoms with Gasteiger partial charge in [-0.25, -0.2) is 13.4 Å². The van der Waals surface area contributed by atoms with Gasteiger partial charge in [0.1, 0.15) is 4.83 Å². The zero-order valence-electron chi connectivity index (χ0n) is 15.2. The first-order valence-corrected chi connectivity index (χ1v) is 11.6. The number of hydrogen-bond acceptors (Lipinski definition) is 6. The number of aryl methyl sites for hydroxylation is 2. The minimum Gasteiger partial charge on any atom is -0.339 e. The van der Waals surface area contributed by atoms with Crippen LogP contribution >= 0.6 is 11.3 Å². The predicted molar refractivity (Wildman–Crippen MR) is 105 cm³/mol. The van der Waals surface area contributed by atoms with Crippen molar-refractivity contribution in [3.8, 4) is 0 Å². The van der Waals surface area contributed by atoms with E-state index in [2.05, 4.69) is 0 Å². The molecule has 1 saturated heterocycles. The summed E-state index contributed by atoms with van der Waals surface area (Å²) in [6, 6.07) is 0. The van der Waals surface area contributed by atoms with Crippen molar-refractivity contribution in [3.05, 3.63) is 20.8 Å². The van der Waals surface area contributed by atoms with Gasteiger partial charge in [0.25, 0.3) is 5.56 Å². The van der Waals surface area contributed by atoms with E-state index in [9.17, 15) is 13.2 Å². The van der Waals surface area contributed by atoms with Crippen molar-refractivity contribution in [2.24, 2.45) is 7.05 Å². The van der Waals surface area contributed by atoms with Crippen molar-refractivity contribution < 1.29 is 8.42 Å². The van der Waals surface area contributed by atoms with Gasteiger partial charge in [0, 0.05) is 38.1 Å². The lowest BCUT2D eigenvalue weighted by atomic mass is 9.97. The highest BCUT2D eigenvalue weighted by atomic mass is 32.2. The van der Waals surface area contributed by atoms with Gasteiger partial charge in [0.2, 0.25) is 16.0 Å². The number of rotatable bonds is 3. The fraction of sp³-hybridized carbons (Fsp3) is 0.647. The normalized spacial score (nSPS) is 19.1. The SMILES string of the molecule is CCS(=O)(=O)N1CCN(c2nc3sc4c(c3c(=O)n2C)CCCC4)CC1. The molecule has 142 valence electrons. The van der Waals surface area contributed by atoms with Crippen LogP contribution in [0, 0.1) is 0 Å². The molecule has 2 aliphatic rings. The van der Waals surface area contributed by atoms with Crippen LogP contribution in [-0.4, -0.2) is 54.2 Å². The Morgan fingerprint density at radius 1 is 1.12 bits per heavy atom. The van der Waals surface area contributed by atoms with E-state index in [-0.39, 0.29) is 11.3 Å². The standard InChI is InChI=1S/C17H24N4O3S2/c1-3-26(23,24)21-10-8-20(9-11-21)17-18-15-14(16(22)19(17)2)12-6-4-5-7-13(12)25-15/h3-11H2,1-2H3. The maximum Gasteiger partial charge on any atom is 0.263 e. The van der Waals surface area contributed by atoms with Crippen LogP contribution in [0.1, 0.15) is 30.2 Å². The average Bonchev–Trinajstić information content (AvgIpc) is 3.03. The maximum absolute atomic E-state index is 13.0. The zero-order chi connectivity index (χ0) is 18.5. The highest BCUT2D eigenvalue weighted by Crippen LogP contribution is 2.34. The van der Waals surface area contributed by atoms with E-state index in [1.54, 1.807) is 29.9 Å². The first-order valence-electron chi connectivity index (χ1n) is 9.16. The second kappa shape index (κ2) is 6.61. The Kier molecular flexibility index (Phi) is 4.56. The monoisotopic (exact) mass is 396 g/mol. The maximum atomic E-state index is 13.0. The van der Waals surface area contributed by atoms with Crippen molar-refractivity contribution in [1.82, 2.24) is 13.9 Å². The second-order valence-corrected chi connectivity index (χ2v) is 10.3. The fourth-order valence-electron chi connectivity index (χ4n) is 3.91. The third kappa shape index (κ3) is 2.86. The Morgan fingerprint density at radius 3 is 2.50 bits per heavy atom. The summed E-state index contributed by atoms with van der Waals surface area (Å²) in [6.07, 6.45) is 4.33. The number of hydrogen-bond donors (Lipinski definition) is 0. The molecule has 4 rings (SSSR count). The Labute approximate surface area is 157 Å². The summed E-state index contributed by atoms with van der Waals surface area (Å²) >= 11 is 1.65. The Hall–Kier alpha value is -1.45. The van der Waals surface area contributed by atoms with Crippen molar-refractivity contribution in [1.29, 1.82) is 0 Å². The molecule has 0 N–H and O–H groups in total. The number of sulfonamides is 1. The summed E-state index contributed by atoms with van der Waals surface area (Å²) in [5, 5.41) is 0.795. The molecule has 3 heterocycles. The van der Waals surface area contributed by atoms with Crippen LogP contribution in [0.15, 0.2) is 4.79 Å². The first kappa shape index (κ1) is 17.9. The molecule has 0 aromatic carbocycles. The van der Waals surface area contributed by atoms with E-state index in [0.29, 0.717) is 32.1 Å². The number of nitrogens with zero attached hydrogens (tertiary/aromatic N) is 4. The van der Waals surface area contributed by atoms with Crippen LogP contribution in [0.25, 0.3) is 10.2 Å². The smallest absolute Gasteiger partial charge is 0.263 e. The molecule has 0 unspecified atom stereocenters. The second-order valence-electron chi connectivity index (χ2n) is 6.95. The van der Waals surface area contributed by atoms with Gasteiger partial charge in [-0.05, 0) is 38.2 Å². The van der Waals surface area contributed by atoms with E-state index < -0.39 is 10.0 Å². The number of aromatic nitrogens is 2. The molecule has 1 fully saturated rings. The van der Waals surface area contributed by atoms with Gasteiger partial charge < -0.3 is 4.90 Å². The van der Waals surface area contributed by atoms with Crippen molar-refractivity contribution in [2.45, 2.75) is 32.6 Å². The van der Waals surface area contributed by atoms with Crippen LogP contribution in [0.3, 0.4) is 0 Å². The molecule has 26 heavy (non-hydrogen) atoms. The van der Waals surface area contributed by atoms with Crippen LogP contribution in [0.5, 0.6) is 0 Å². The third-order valence-corrected chi connectivity index (χ3v) is 8.52. The quantitative estimate of drug-likeness (QED) is 0.783. The van der Waals surface area contributed by atoms with E-state index in [0.717, 1.165) is 29.5 Å². The van der Waals surface area contributed by atoms with E-state index >= 15 is 0 Å². The van der Waals surface area contributed by atoms with Crippen LogP contribution in [-0.2, 0) is 29.9 Å². The minimum atomic E-state index is -3.16. The van der Waals surface area contributed by atoms with E-state index in [1.807, 2.05) is 4.90 Å². The Balaban J connectivity index is 1.68. The van der Waals surface area contributed by atoms with Gasteiger partial charge in [-0.2, -0.15) is 4.31 Å². The van der Waals surface area contributed by atoms with Crippen LogP contribution in [0.4, 0.5) is 5.95 Å². The number of piperazine rings is 1. The van der Waals surface area contributed by atoms with Gasteiger partial charge in [0.05, 0.1) is 11.1 Å². The minimum absolute atomic E-state index is 0.0213. The van der Waals surface area contributed by atoms with E-state index in [4.69, 9.17) is 4.98 Å². The summed E-state index contributed by atoms with van der Waals surface area (Å²) in [7, 11) is -1.39. The average molecular weight is 397 g/mol. The van der Waals surface area contributed by atoms with Crippen molar-refractivity contribution in [2.75, 3.05) is 36.8 Å². The number of fused-ring (bicyclic) bond motifs is 3. The number of anilines is 1. The molecule has 0 radical (unpaired) electrons. The molecular weight excluding hydrogens is 372 g/mol. The van der Waals surface area contributed by atoms with Gasteiger partial charge in [-0.1, -0.05) is 0 Å². The molecule has 9 heteroatoms. The summed E-state index contributed by atoms with van der Waals surface area (Å²) < 4.78 is 27.3. The fourth-order valence-corrected chi connectivity index (χ4v) is 6.24. The van der Waals surface area contributed by atoms with Gasteiger partial charge >= 0.3 is 0 Å². The molecule has 1 aliphatic heterocycles. The molecule has 1 aliphatic carbocycles. The third-order valence-electron chi connectivity index (χ3n) is 5.45. The lowest BCUT2D eigenvalue weighted by Crippen LogP contribution is -2.50. The van der Waals surface area contributed by atoms with Gasteiger partial charge in [0.15, 0.2) is 0 Å². The van der Waals surface area contributed by atoms with Gasteiger partial charge in [-0.15, -0.1) is 11.3 Å².